The van der Waals surface area contributed by atoms with Crippen LogP contribution in [0.15, 0.2) is 10.5 Å². The van der Waals surface area contributed by atoms with E-state index in [1.807, 2.05) is 13.0 Å². The van der Waals surface area contributed by atoms with Crippen molar-refractivity contribution in [3.8, 4) is 0 Å². The first kappa shape index (κ1) is 16.4. The maximum absolute atomic E-state index is 11.6. The minimum absolute atomic E-state index is 0.265. The highest BCUT2D eigenvalue weighted by Crippen LogP contribution is 2.21. The molecule has 1 aromatic heterocycles. The van der Waals surface area contributed by atoms with Crippen molar-refractivity contribution >= 4 is 12.0 Å². The molecule has 1 aromatic rings. The van der Waals surface area contributed by atoms with E-state index in [0.717, 1.165) is 37.3 Å². The first-order chi connectivity index (χ1) is 10.5. The minimum atomic E-state index is -0.485. The molecule has 0 aliphatic carbocycles. The van der Waals surface area contributed by atoms with Gasteiger partial charge in [0.1, 0.15) is 5.76 Å². The number of urea groups is 1. The fourth-order valence-corrected chi connectivity index (χ4v) is 2.85. The third-order valence-electron chi connectivity index (χ3n) is 3.89. The number of nitrogens with two attached hydrogens (primary N) is 1. The number of amides is 2. The lowest BCUT2D eigenvalue weighted by atomic mass is 9.98. The molecule has 1 aliphatic heterocycles. The normalized spacial score (nSPS) is 18.9. The molecule has 1 aliphatic rings. The van der Waals surface area contributed by atoms with Gasteiger partial charge < -0.3 is 20.2 Å². The average Bonchev–Trinajstić information content (AvgIpc) is 2.85. The van der Waals surface area contributed by atoms with Crippen LogP contribution in [-0.2, 0) is 11.3 Å². The Morgan fingerprint density at radius 2 is 2.32 bits per heavy atom. The summed E-state index contributed by atoms with van der Waals surface area (Å²) < 4.78 is 10.3. The van der Waals surface area contributed by atoms with Crippen LogP contribution >= 0.6 is 0 Å². The van der Waals surface area contributed by atoms with Gasteiger partial charge in [0.25, 0.3) is 0 Å². The molecule has 22 heavy (non-hydrogen) atoms. The van der Waals surface area contributed by atoms with Crippen LogP contribution < -0.4 is 11.1 Å². The Morgan fingerprint density at radius 1 is 1.55 bits per heavy atom. The number of rotatable bonds is 5. The monoisotopic (exact) mass is 309 g/mol. The summed E-state index contributed by atoms with van der Waals surface area (Å²) in [6, 6.07) is 1.39. The number of carbonyl (C=O) groups is 2. The molecule has 122 valence electrons. The maximum atomic E-state index is 11.6. The molecule has 0 bridgehead atoms. The number of hydrogen-bond acceptors (Lipinski definition) is 5. The molecule has 7 heteroatoms. The zero-order valence-corrected chi connectivity index (χ0v) is 13.1. The van der Waals surface area contributed by atoms with Crippen LogP contribution in [0, 0.1) is 12.8 Å². The summed E-state index contributed by atoms with van der Waals surface area (Å²) in [6.07, 6.45) is 2.13. The summed E-state index contributed by atoms with van der Waals surface area (Å²) >= 11 is 0. The lowest BCUT2D eigenvalue weighted by molar-refractivity contribution is 0.0558. The van der Waals surface area contributed by atoms with E-state index in [9.17, 15) is 9.59 Å². The van der Waals surface area contributed by atoms with Crippen LogP contribution in [0.2, 0.25) is 0 Å². The number of ether oxygens (including phenoxy) is 1. The molecule has 0 spiro atoms. The molecular weight excluding hydrogens is 286 g/mol. The van der Waals surface area contributed by atoms with Crippen LogP contribution in [0.5, 0.6) is 0 Å². The van der Waals surface area contributed by atoms with Crippen molar-refractivity contribution in [3.63, 3.8) is 0 Å². The SMILES string of the molecule is COC(=O)c1oc(CN2CCC[C@H](CNC(N)=O)C2)cc1C. The van der Waals surface area contributed by atoms with Crippen molar-refractivity contribution in [1.29, 1.82) is 0 Å². The van der Waals surface area contributed by atoms with Gasteiger partial charge in [-0.05, 0) is 38.3 Å². The minimum Gasteiger partial charge on any atom is -0.463 e. The van der Waals surface area contributed by atoms with E-state index in [1.54, 1.807) is 0 Å². The van der Waals surface area contributed by atoms with Crippen LogP contribution in [0.4, 0.5) is 4.79 Å². The predicted octanol–water partition coefficient (Wildman–Crippen LogP) is 1.25. The van der Waals surface area contributed by atoms with Crippen molar-refractivity contribution in [3.05, 3.63) is 23.2 Å². The second-order valence-corrected chi connectivity index (χ2v) is 5.70. The van der Waals surface area contributed by atoms with E-state index in [0.29, 0.717) is 19.0 Å². The molecule has 1 fully saturated rings. The fourth-order valence-electron chi connectivity index (χ4n) is 2.85. The van der Waals surface area contributed by atoms with Gasteiger partial charge in [0.05, 0.1) is 13.7 Å². The molecule has 1 saturated heterocycles. The molecule has 2 rings (SSSR count). The zero-order chi connectivity index (χ0) is 16.1. The molecule has 0 saturated carbocycles. The van der Waals surface area contributed by atoms with E-state index in [-0.39, 0.29) is 5.76 Å². The van der Waals surface area contributed by atoms with Gasteiger partial charge in [-0.25, -0.2) is 9.59 Å². The Hall–Kier alpha value is -2.02. The van der Waals surface area contributed by atoms with E-state index >= 15 is 0 Å². The fraction of sp³-hybridized carbons (Fsp3) is 0.600. The van der Waals surface area contributed by atoms with Crippen molar-refractivity contribution in [2.24, 2.45) is 11.7 Å². The number of nitrogens with zero attached hydrogens (tertiary/aromatic N) is 1. The van der Waals surface area contributed by atoms with Crippen LogP contribution in [0.1, 0.15) is 34.7 Å². The van der Waals surface area contributed by atoms with Gasteiger partial charge in [-0.15, -0.1) is 0 Å². The summed E-state index contributed by atoms with van der Waals surface area (Å²) in [6.45, 7) is 4.91. The Balaban J connectivity index is 1.92. The molecule has 2 amide bonds. The van der Waals surface area contributed by atoms with Gasteiger partial charge in [-0.1, -0.05) is 0 Å². The number of furan rings is 1. The molecule has 7 nitrogen and oxygen atoms in total. The van der Waals surface area contributed by atoms with Crippen molar-refractivity contribution < 1.29 is 18.7 Å². The first-order valence-corrected chi connectivity index (χ1v) is 7.43. The number of esters is 1. The first-order valence-electron chi connectivity index (χ1n) is 7.43. The predicted molar refractivity (Wildman–Crippen MR) is 80.4 cm³/mol. The highest BCUT2D eigenvalue weighted by molar-refractivity contribution is 5.87. The van der Waals surface area contributed by atoms with Gasteiger partial charge in [0.15, 0.2) is 0 Å². The lowest BCUT2D eigenvalue weighted by Gasteiger charge is -2.32. The Morgan fingerprint density at radius 3 is 3.00 bits per heavy atom. The second kappa shape index (κ2) is 7.31. The summed E-state index contributed by atoms with van der Waals surface area (Å²) in [5.74, 6) is 0.950. The van der Waals surface area contributed by atoms with Gasteiger partial charge >= 0.3 is 12.0 Å². The number of primary amides is 1. The van der Waals surface area contributed by atoms with E-state index in [2.05, 4.69) is 10.2 Å². The molecular formula is C15H23N3O4. The number of methoxy groups -OCH3 is 1. The highest BCUT2D eigenvalue weighted by Gasteiger charge is 2.22. The zero-order valence-electron chi connectivity index (χ0n) is 13.1. The molecule has 0 radical (unpaired) electrons. The van der Waals surface area contributed by atoms with Gasteiger partial charge in [0, 0.05) is 18.7 Å². The van der Waals surface area contributed by atoms with Crippen LogP contribution in [0.3, 0.4) is 0 Å². The Kier molecular flexibility index (Phi) is 5.43. The second-order valence-electron chi connectivity index (χ2n) is 5.70. The number of carbonyl (C=O) groups excluding carboxylic acids is 2. The van der Waals surface area contributed by atoms with E-state index < -0.39 is 12.0 Å². The van der Waals surface area contributed by atoms with E-state index in [4.69, 9.17) is 14.9 Å². The smallest absolute Gasteiger partial charge is 0.374 e. The summed E-state index contributed by atoms with van der Waals surface area (Å²) in [5.41, 5.74) is 5.89. The lowest BCUT2D eigenvalue weighted by Crippen LogP contribution is -2.41. The van der Waals surface area contributed by atoms with Crippen molar-refractivity contribution in [2.75, 3.05) is 26.7 Å². The molecule has 0 aromatic carbocycles. The third kappa shape index (κ3) is 4.24. The number of aryl methyl sites for hydroxylation is 1. The highest BCUT2D eigenvalue weighted by atomic mass is 16.5. The third-order valence-corrected chi connectivity index (χ3v) is 3.89. The summed E-state index contributed by atoms with van der Waals surface area (Å²) in [5, 5.41) is 2.66. The maximum Gasteiger partial charge on any atom is 0.374 e. The molecule has 2 heterocycles. The van der Waals surface area contributed by atoms with Gasteiger partial charge in [-0.3, -0.25) is 4.90 Å². The number of hydrogen-bond donors (Lipinski definition) is 2. The summed E-state index contributed by atoms with van der Waals surface area (Å²) in [4.78, 5) is 24.6. The van der Waals surface area contributed by atoms with Crippen molar-refractivity contribution in [2.45, 2.75) is 26.3 Å². The van der Waals surface area contributed by atoms with Gasteiger partial charge in [-0.2, -0.15) is 0 Å². The summed E-state index contributed by atoms with van der Waals surface area (Å²) in [7, 11) is 1.34. The Bertz CT molecular complexity index is 541. The molecule has 3 N–H and O–H groups in total. The number of nitrogens with one attached hydrogen (secondary N) is 1. The molecule has 0 unspecified atom stereocenters. The quantitative estimate of drug-likeness (QED) is 0.798. The topological polar surface area (TPSA) is 97.8 Å². The van der Waals surface area contributed by atoms with Crippen LogP contribution in [-0.4, -0.2) is 43.6 Å². The standard InChI is InChI=1S/C15H23N3O4/c1-10-6-12(22-13(10)14(19)21-2)9-18-5-3-4-11(8-18)7-17-15(16)20/h6,11H,3-5,7-9H2,1-2H3,(H3,16,17,20)/t11-/m1/s1. The largest absolute Gasteiger partial charge is 0.463 e. The average molecular weight is 309 g/mol. The van der Waals surface area contributed by atoms with Crippen molar-refractivity contribution in [1.82, 2.24) is 10.2 Å². The van der Waals surface area contributed by atoms with Gasteiger partial charge in [0.2, 0.25) is 5.76 Å². The number of likely N-dealkylation sites (tertiary alicyclic amines) is 1. The number of piperidine rings is 1. The Labute approximate surface area is 129 Å². The van der Waals surface area contributed by atoms with E-state index in [1.165, 1.54) is 7.11 Å². The molecule has 1 atom stereocenters. The van der Waals surface area contributed by atoms with Crippen LogP contribution in [0.25, 0.3) is 0 Å².